The number of amides is 4. The van der Waals surface area contributed by atoms with Gasteiger partial charge in [-0.1, -0.05) is 18.6 Å². The summed E-state index contributed by atoms with van der Waals surface area (Å²) in [6.07, 6.45) is 6.87. The number of hydrogen-bond donors (Lipinski definition) is 0. The monoisotopic (exact) mass is 680 g/mol. The first-order chi connectivity index (χ1) is 23.2. The average molecular weight is 681 g/mol. The Morgan fingerprint density at radius 1 is 1.04 bits per heavy atom. The molecule has 0 N–H and O–H groups in total. The molecule has 0 bridgehead atoms. The molecule has 12 heteroatoms. The molecule has 1 fully saturated rings. The third-order valence-corrected chi connectivity index (χ3v) is 9.89. The van der Waals surface area contributed by atoms with Crippen LogP contribution in [0.5, 0.6) is 5.75 Å². The Morgan fingerprint density at radius 2 is 1.76 bits per heavy atom. The van der Waals surface area contributed by atoms with Crippen LogP contribution < -0.4 is 4.74 Å². The molecule has 4 amide bonds. The number of likely N-dealkylation sites (N-methyl/N-ethyl adjacent to an activating group) is 2. The number of carbonyl (C=O) groups excluding carboxylic acids is 4. The summed E-state index contributed by atoms with van der Waals surface area (Å²) in [5.74, 6) is 0.0952. The number of nitrogens with zero attached hydrogens (tertiary/aromatic N) is 6. The van der Waals surface area contributed by atoms with E-state index >= 15 is 0 Å². The van der Waals surface area contributed by atoms with Gasteiger partial charge < -0.3 is 29.1 Å². The van der Waals surface area contributed by atoms with Crippen molar-refractivity contribution in [3.8, 4) is 5.75 Å². The number of para-hydroxylation sites is 1. The lowest BCUT2D eigenvalue weighted by atomic mass is 9.75. The van der Waals surface area contributed by atoms with Gasteiger partial charge in [-0.3, -0.25) is 19.1 Å². The molecule has 1 aromatic heterocycles. The van der Waals surface area contributed by atoms with Crippen LogP contribution >= 0.6 is 0 Å². The van der Waals surface area contributed by atoms with Crippen molar-refractivity contribution >= 4 is 23.8 Å². The zero-order valence-electron chi connectivity index (χ0n) is 30.6. The summed E-state index contributed by atoms with van der Waals surface area (Å²) in [5, 5.41) is 4.25. The molecule has 49 heavy (non-hydrogen) atoms. The van der Waals surface area contributed by atoms with E-state index in [1.54, 1.807) is 54.2 Å². The van der Waals surface area contributed by atoms with E-state index in [0.717, 1.165) is 37.8 Å². The number of ether oxygens (including phenoxy) is 2. The molecule has 0 aliphatic carbocycles. The highest BCUT2D eigenvalue weighted by Gasteiger charge is 2.39. The molecule has 0 unspecified atom stereocenters. The maximum atomic E-state index is 14.0. The lowest BCUT2D eigenvalue weighted by Crippen LogP contribution is -2.49. The van der Waals surface area contributed by atoms with E-state index in [0.29, 0.717) is 69.9 Å². The highest BCUT2D eigenvalue weighted by molar-refractivity contribution is 5.99. The van der Waals surface area contributed by atoms with Gasteiger partial charge in [0, 0.05) is 77.6 Å². The van der Waals surface area contributed by atoms with Crippen molar-refractivity contribution in [3.63, 3.8) is 0 Å². The highest BCUT2D eigenvalue weighted by atomic mass is 16.6. The third-order valence-electron chi connectivity index (χ3n) is 9.89. The van der Waals surface area contributed by atoms with Crippen LogP contribution in [0.15, 0.2) is 36.5 Å². The van der Waals surface area contributed by atoms with E-state index < -0.39 is 11.6 Å². The number of rotatable bonds is 7. The number of piperidine rings is 1. The topological polar surface area (TPSA) is 118 Å². The average Bonchev–Trinajstić information content (AvgIpc) is 3.49. The van der Waals surface area contributed by atoms with E-state index in [2.05, 4.69) is 5.10 Å². The first-order valence-corrected chi connectivity index (χ1v) is 17.6. The molecular formula is C37H56N6O6. The highest BCUT2D eigenvalue weighted by Crippen LogP contribution is 2.38. The maximum absolute atomic E-state index is 14.0. The predicted molar refractivity (Wildman–Crippen MR) is 187 cm³/mol. The van der Waals surface area contributed by atoms with Gasteiger partial charge in [-0.05, 0) is 84.4 Å². The summed E-state index contributed by atoms with van der Waals surface area (Å²) in [6, 6.07) is 8.44. The molecule has 0 saturated carbocycles. The molecule has 1 spiro atoms. The van der Waals surface area contributed by atoms with Gasteiger partial charge in [0.1, 0.15) is 17.4 Å². The van der Waals surface area contributed by atoms with Crippen molar-refractivity contribution < 1.29 is 28.7 Å². The van der Waals surface area contributed by atoms with Crippen molar-refractivity contribution in [1.29, 1.82) is 0 Å². The molecular weight excluding hydrogens is 624 g/mol. The molecule has 2 aromatic rings. The second-order valence-electron chi connectivity index (χ2n) is 14.8. The van der Waals surface area contributed by atoms with Gasteiger partial charge in [-0.25, -0.2) is 4.79 Å². The molecule has 270 valence electrons. The molecule has 1 saturated heterocycles. The Bertz CT molecular complexity index is 1440. The molecule has 12 nitrogen and oxygen atoms in total. The van der Waals surface area contributed by atoms with E-state index in [1.807, 2.05) is 50.6 Å². The van der Waals surface area contributed by atoms with Crippen LogP contribution in [0.25, 0.3) is 0 Å². The number of aryl methyl sites for hydroxylation is 2. The summed E-state index contributed by atoms with van der Waals surface area (Å²) in [7, 11) is 5.26. The number of aromatic nitrogens is 2. The fourth-order valence-corrected chi connectivity index (χ4v) is 6.66. The van der Waals surface area contributed by atoms with Crippen molar-refractivity contribution in [2.75, 3.05) is 53.9 Å². The van der Waals surface area contributed by atoms with Crippen LogP contribution in [-0.2, 0) is 20.9 Å². The minimum atomic E-state index is -0.688. The smallest absolute Gasteiger partial charge is 0.410 e. The lowest BCUT2D eigenvalue weighted by Gasteiger charge is -2.42. The number of fused-ring (bicyclic) bond motifs is 1. The normalized spacial score (nSPS) is 19.2. The van der Waals surface area contributed by atoms with Gasteiger partial charge in [-0.2, -0.15) is 5.10 Å². The van der Waals surface area contributed by atoms with Gasteiger partial charge in [0.15, 0.2) is 0 Å². The second kappa shape index (κ2) is 16.5. The number of benzene rings is 1. The Morgan fingerprint density at radius 3 is 2.43 bits per heavy atom. The zero-order valence-corrected chi connectivity index (χ0v) is 30.6. The Hall–Kier alpha value is -4.09. The van der Waals surface area contributed by atoms with Crippen molar-refractivity contribution in [1.82, 2.24) is 29.4 Å². The molecule has 1 aromatic carbocycles. The maximum Gasteiger partial charge on any atom is 0.410 e. The third kappa shape index (κ3) is 10.2. The van der Waals surface area contributed by atoms with Gasteiger partial charge in [0.05, 0.1) is 12.2 Å². The van der Waals surface area contributed by atoms with Gasteiger partial charge in [0.2, 0.25) is 11.8 Å². The minimum Gasteiger partial charge on any atom is -0.492 e. The molecule has 3 heterocycles. The Balaban J connectivity index is 1.44. The van der Waals surface area contributed by atoms with Crippen molar-refractivity contribution in [3.05, 3.63) is 47.8 Å². The van der Waals surface area contributed by atoms with E-state index in [1.165, 1.54) is 4.90 Å². The summed E-state index contributed by atoms with van der Waals surface area (Å²) >= 11 is 0. The summed E-state index contributed by atoms with van der Waals surface area (Å²) in [5.41, 5.74) is 0.690. The lowest BCUT2D eigenvalue weighted by molar-refractivity contribution is -0.134. The van der Waals surface area contributed by atoms with Gasteiger partial charge in [-0.15, -0.1) is 0 Å². The van der Waals surface area contributed by atoms with E-state index in [4.69, 9.17) is 9.47 Å². The molecule has 0 radical (unpaired) electrons. The number of likely N-dealkylation sites (tertiary alicyclic amines) is 1. The number of carbonyl (C=O) groups is 4. The second-order valence-corrected chi connectivity index (χ2v) is 14.8. The standard InChI is InChI=1S/C37H56N6O6/c1-28-16-21-38-43(28)24-17-32(44)39(5)23-12-14-30-34(46)40(6)22-11-10-18-37(19-25-42(26-20-37)35(47)49-36(2,3)4)27-48-31-15-9-8-13-29(31)33(45)41(30)7/h8-9,13,15-16,21,30H,10-12,14,17-20,22-27H2,1-7H3/t30-/m0/s1. The summed E-state index contributed by atoms with van der Waals surface area (Å²) in [6.45, 7) is 10.7. The molecule has 2 aliphatic heterocycles. The summed E-state index contributed by atoms with van der Waals surface area (Å²) in [4.78, 5) is 60.3. The first kappa shape index (κ1) is 37.7. The van der Waals surface area contributed by atoms with Crippen molar-refractivity contribution in [2.24, 2.45) is 5.41 Å². The van der Waals surface area contributed by atoms with Crippen LogP contribution in [0.3, 0.4) is 0 Å². The van der Waals surface area contributed by atoms with Gasteiger partial charge >= 0.3 is 6.09 Å². The SMILES string of the molecule is Cc1ccnn1CCC(=O)N(C)CCC[C@H]1C(=O)N(C)CCCCC2(CCN(C(=O)OC(C)(C)C)CC2)COc2ccccc2C(=O)N1C. The Kier molecular flexibility index (Phi) is 12.7. The fourth-order valence-electron chi connectivity index (χ4n) is 6.66. The van der Waals surface area contributed by atoms with Crippen LogP contribution in [0.4, 0.5) is 4.79 Å². The van der Waals surface area contributed by atoms with Gasteiger partial charge in [0.25, 0.3) is 5.91 Å². The largest absolute Gasteiger partial charge is 0.492 e. The molecule has 2 aliphatic rings. The minimum absolute atomic E-state index is 0.00754. The quantitative estimate of drug-likeness (QED) is 0.404. The molecule has 1 atom stereocenters. The molecule has 4 rings (SSSR count). The number of hydrogen-bond acceptors (Lipinski definition) is 7. The fraction of sp³-hybridized carbons (Fsp3) is 0.649. The van der Waals surface area contributed by atoms with E-state index in [9.17, 15) is 19.2 Å². The van der Waals surface area contributed by atoms with Crippen LogP contribution in [0.1, 0.15) is 88.2 Å². The van der Waals surface area contributed by atoms with Crippen LogP contribution in [0, 0.1) is 12.3 Å². The zero-order chi connectivity index (χ0) is 35.8. The first-order valence-electron chi connectivity index (χ1n) is 17.6. The van der Waals surface area contributed by atoms with E-state index in [-0.39, 0.29) is 29.2 Å². The predicted octanol–water partition coefficient (Wildman–Crippen LogP) is 5.00. The Labute approximate surface area is 291 Å². The summed E-state index contributed by atoms with van der Waals surface area (Å²) < 4.78 is 13.9. The van der Waals surface area contributed by atoms with Crippen molar-refractivity contribution in [2.45, 2.75) is 97.2 Å². The van der Waals surface area contributed by atoms with Crippen LogP contribution in [-0.4, -0.2) is 119 Å². The van der Waals surface area contributed by atoms with Crippen LogP contribution in [0.2, 0.25) is 0 Å².